The van der Waals surface area contributed by atoms with Gasteiger partial charge in [-0.05, 0) is 65.5 Å². The molecule has 3 atom stereocenters. The van der Waals surface area contributed by atoms with Crippen molar-refractivity contribution in [1.82, 2.24) is 10.6 Å². The van der Waals surface area contributed by atoms with E-state index in [4.69, 9.17) is 4.74 Å². The number of carbonyl (C=O) groups excluding carboxylic acids is 1. The third-order valence-electron chi connectivity index (χ3n) is 3.71. The number of amides is 1. The molecule has 0 aromatic rings. The molecule has 1 aliphatic heterocycles. The van der Waals surface area contributed by atoms with E-state index in [1.165, 1.54) is 0 Å². The second-order valence-electron chi connectivity index (χ2n) is 6.77. The molecule has 0 aromatic carbocycles. The summed E-state index contributed by atoms with van der Waals surface area (Å²) in [5.74, 6) is 1.44. The normalized spacial score (nSPS) is 36.7. The monoisotopic (exact) mass is 240 g/mol. The molecular weight excluding hydrogens is 216 g/mol. The summed E-state index contributed by atoms with van der Waals surface area (Å²) in [5, 5.41) is 6.46. The van der Waals surface area contributed by atoms with Crippen LogP contribution in [0.3, 0.4) is 0 Å². The quantitative estimate of drug-likeness (QED) is 0.736. The van der Waals surface area contributed by atoms with Crippen LogP contribution in [0.4, 0.5) is 4.79 Å². The smallest absolute Gasteiger partial charge is 0.408 e. The number of nitrogens with one attached hydrogen (secondary N) is 2. The van der Waals surface area contributed by atoms with Crippen LogP contribution in [-0.4, -0.2) is 30.3 Å². The number of hydrogen-bond donors (Lipinski definition) is 2. The van der Waals surface area contributed by atoms with Gasteiger partial charge in [0.2, 0.25) is 0 Å². The van der Waals surface area contributed by atoms with Crippen LogP contribution in [0, 0.1) is 11.8 Å². The molecule has 2 N–H and O–H groups in total. The second kappa shape index (κ2) is 4.16. The molecule has 0 aromatic heterocycles. The number of alkyl carbamates (subject to hydrolysis) is 1. The highest BCUT2D eigenvalue weighted by molar-refractivity contribution is 5.68. The van der Waals surface area contributed by atoms with Crippen LogP contribution >= 0.6 is 0 Å². The standard InChI is InChI=1S/C13H24N2O2/c1-12(2,3)17-11(16)15-13(4)5-9-7-14-8-10(9)6-13/h9-10,14H,5-8H2,1-4H3,(H,15,16)/t9-,10+,13+. The second-order valence-corrected chi connectivity index (χ2v) is 6.77. The van der Waals surface area contributed by atoms with Crippen LogP contribution < -0.4 is 10.6 Å². The van der Waals surface area contributed by atoms with Crippen LogP contribution in [0.15, 0.2) is 0 Å². The fraction of sp³-hybridized carbons (Fsp3) is 0.923. The average Bonchev–Trinajstić information content (AvgIpc) is 2.56. The highest BCUT2D eigenvalue weighted by atomic mass is 16.6. The van der Waals surface area contributed by atoms with E-state index >= 15 is 0 Å². The van der Waals surface area contributed by atoms with Crippen molar-refractivity contribution in [2.24, 2.45) is 11.8 Å². The van der Waals surface area contributed by atoms with Gasteiger partial charge in [-0.3, -0.25) is 0 Å². The van der Waals surface area contributed by atoms with E-state index in [-0.39, 0.29) is 11.6 Å². The first-order valence-electron chi connectivity index (χ1n) is 6.49. The number of rotatable bonds is 1. The molecule has 4 heteroatoms. The maximum Gasteiger partial charge on any atom is 0.408 e. The minimum absolute atomic E-state index is 0.0836. The zero-order chi connectivity index (χ0) is 12.7. The molecule has 1 amide bonds. The topological polar surface area (TPSA) is 50.4 Å². The van der Waals surface area contributed by atoms with E-state index in [9.17, 15) is 4.79 Å². The number of fused-ring (bicyclic) bond motifs is 1. The highest BCUT2D eigenvalue weighted by Crippen LogP contribution is 2.41. The fourth-order valence-electron chi connectivity index (χ4n) is 3.16. The molecule has 98 valence electrons. The van der Waals surface area contributed by atoms with Gasteiger partial charge in [0.25, 0.3) is 0 Å². The molecule has 0 radical (unpaired) electrons. The number of ether oxygens (including phenoxy) is 1. The largest absolute Gasteiger partial charge is 0.444 e. The zero-order valence-electron chi connectivity index (χ0n) is 11.3. The minimum Gasteiger partial charge on any atom is -0.444 e. The van der Waals surface area contributed by atoms with Gasteiger partial charge in [0.05, 0.1) is 0 Å². The lowest BCUT2D eigenvalue weighted by molar-refractivity contribution is 0.0462. The molecule has 4 nitrogen and oxygen atoms in total. The van der Waals surface area contributed by atoms with Gasteiger partial charge in [0, 0.05) is 5.54 Å². The molecule has 0 spiro atoms. The van der Waals surface area contributed by atoms with Crippen LogP contribution in [0.5, 0.6) is 0 Å². The first kappa shape index (κ1) is 12.7. The van der Waals surface area contributed by atoms with Gasteiger partial charge in [0.1, 0.15) is 5.60 Å². The molecule has 2 aliphatic rings. The maximum atomic E-state index is 11.8. The molecule has 0 bridgehead atoms. The van der Waals surface area contributed by atoms with Crippen molar-refractivity contribution < 1.29 is 9.53 Å². The van der Waals surface area contributed by atoms with E-state index in [1.54, 1.807) is 0 Å². The summed E-state index contributed by atoms with van der Waals surface area (Å²) in [7, 11) is 0. The van der Waals surface area contributed by atoms with Gasteiger partial charge in [-0.2, -0.15) is 0 Å². The summed E-state index contributed by atoms with van der Waals surface area (Å²) in [6, 6.07) is 0. The fourth-order valence-corrected chi connectivity index (χ4v) is 3.16. The van der Waals surface area contributed by atoms with Crippen LogP contribution in [0.2, 0.25) is 0 Å². The third-order valence-corrected chi connectivity index (χ3v) is 3.71. The van der Waals surface area contributed by atoms with Crippen LogP contribution in [0.1, 0.15) is 40.5 Å². The van der Waals surface area contributed by atoms with Gasteiger partial charge in [-0.1, -0.05) is 0 Å². The Labute approximate surface area is 103 Å². The van der Waals surface area contributed by atoms with Crippen molar-refractivity contribution in [3.05, 3.63) is 0 Å². The van der Waals surface area contributed by atoms with E-state index in [1.807, 2.05) is 20.8 Å². The SMILES string of the molecule is CC(C)(C)OC(=O)N[C@]1(C)C[C@H]2CNC[C@H]2C1. The van der Waals surface area contributed by atoms with Crippen molar-refractivity contribution in [2.75, 3.05) is 13.1 Å². The molecule has 2 fully saturated rings. The Hall–Kier alpha value is -0.770. The summed E-state index contributed by atoms with van der Waals surface area (Å²) in [5.41, 5.74) is -0.504. The first-order chi connectivity index (χ1) is 7.77. The van der Waals surface area contributed by atoms with Crippen molar-refractivity contribution in [2.45, 2.75) is 51.7 Å². The Bertz CT molecular complexity index is 297. The van der Waals surface area contributed by atoms with Crippen molar-refractivity contribution in [3.8, 4) is 0 Å². The van der Waals surface area contributed by atoms with Crippen LogP contribution in [-0.2, 0) is 4.74 Å². The molecule has 1 saturated carbocycles. The van der Waals surface area contributed by atoms with Crippen molar-refractivity contribution in [3.63, 3.8) is 0 Å². The van der Waals surface area contributed by atoms with Gasteiger partial charge in [0.15, 0.2) is 0 Å². The molecule has 17 heavy (non-hydrogen) atoms. The Morgan fingerprint density at radius 3 is 2.29 bits per heavy atom. The summed E-state index contributed by atoms with van der Waals surface area (Å²) in [6.07, 6.45) is 1.83. The lowest BCUT2D eigenvalue weighted by Gasteiger charge is -2.29. The van der Waals surface area contributed by atoms with E-state index in [2.05, 4.69) is 17.6 Å². The summed E-state index contributed by atoms with van der Waals surface area (Å²) >= 11 is 0. The molecular formula is C13H24N2O2. The zero-order valence-corrected chi connectivity index (χ0v) is 11.3. The molecule has 1 saturated heterocycles. The van der Waals surface area contributed by atoms with Gasteiger partial charge < -0.3 is 15.4 Å². The third kappa shape index (κ3) is 3.12. The van der Waals surface area contributed by atoms with Gasteiger partial charge >= 0.3 is 6.09 Å². The predicted octanol–water partition coefficient (Wildman–Crippen LogP) is 1.90. The lowest BCUT2D eigenvalue weighted by Crippen LogP contribution is -2.47. The summed E-state index contributed by atoms with van der Waals surface area (Å²) in [6.45, 7) is 9.99. The lowest BCUT2D eigenvalue weighted by atomic mass is 9.98. The number of carbonyl (C=O) groups is 1. The van der Waals surface area contributed by atoms with E-state index < -0.39 is 5.60 Å². The van der Waals surface area contributed by atoms with Gasteiger partial charge in [-0.15, -0.1) is 0 Å². The first-order valence-corrected chi connectivity index (χ1v) is 6.49. The van der Waals surface area contributed by atoms with Crippen molar-refractivity contribution >= 4 is 6.09 Å². The maximum absolute atomic E-state index is 11.8. The number of hydrogen-bond acceptors (Lipinski definition) is 3. The summed E-state index contributed by atoms with van der Waals surface area (Å²) < 4.78 is 5.32. The molecule has 0 unspecified atom stereocenters. The Balaban J connectivity index is 1.89. The highest BCUT2D eigenvalue weighted by Gasteiger charge is 2.45. The van der Waals surface area contributed by atoms with E-state index in [0.717, 1.165) is 37.8 Å². The van der Waals surface area contributed by atoms with Gasteiger partial charge in [-0.25, -0.2) is 4.79 Å². The van der Waals surface area contributed by atoms with Crippen LogP contribution in [0.25, 0.3) is 0 Å². The van der Waals surface area contributed by atoms with Crippen molar-refractivity contribution in [1.29, 1.82) is 0 Å². The summed E-state index contributed by atoms with van der Waals surface area (Å²) in [4.78, 5) is 11.8. The molecule has 1 aliphatic carbocycles. The Kier molecular flexibility index (Phi) is 3.10. The Morgan fingerprint density at radius 2 is 1.82 bits per heavy atom. The predicted molar refractivity (Wildman–Crippen MR) is 66.9 cm³/mol. The molecule has 1 heterocycles. The minimum atomic E-state index is -0.420. The molecule has 2 rings (SSSR count). The average molecular weight is 240 g/mol. The Morgan fingerprint density at radius 1 is 1.29 bits per heavy atom. The van der Waals surface area contributed by atoms with E-state index in [0.29, 0.717) is 0 Å².